The normalized spacial score (nSPS) is 12.0. The summed E-state index contributed by atoms with van der Waals surface area (Å²) in [5.41, 5.74) is -1.05. The summed E-state index contributed by atoms with van der Waals surface area (Å²) in [6.45, 7) is 1.80. The number of esters is 1. The van der Waals surface area contributed by atoms with E-state index in [2.05, 4.69) is 4.52 Å². The van der Waals surface area contributed by atoms with Gasteiger partial charge in [0.1, 0.15) is 10.7 Å². The number of carbonyl (C=O) groups is 1. The molecule has 0 aliphatic heterocycles. The lowest BCUT2D eigenvalue weighted by atomic mass is 10.1. The lowest BCUT2D eigenvalue weighted by Gasteiger charge is -2.13. The zero-order valence-corrected chi connectivity index (χ0v) is 12.3. The first-order chi connectivity index (χ1) is 9.89. The van der Waals surface area contributed by atoms with Gasteiger partial charge in [-0.15, -0.1) is 11.3 Å². The number of thiophene rings is 1. The van der Waals surface area contributed by atoms with E-state index in [0.29, 0.717) is 4.70 Å². The van der Waals surface area contributed by atoms with Gasteiger partial charge in [-0.2, -0.15) is 8.78 Å². The molecule has 1 aromatic heterocycles. The van der Waals surface area contributed by atoms with Crippen molar-refractivity contribution in [1.29, 1.82) is 0 Å². The molecule has 2 rings (SSSR count). The fourth-order valence-electron chi connectivity index (χ4n) is 1.68. The average molecular weight is 336 g/mol. The Morgan fingerprint density at radius 3 is 2.71 bits per heavy atom. The third-order valence-electron chi connectivity index (χ3n) is 2.55. The van der Waals surface area contributed by atoms with E-state index in [-0.39, 0.29) is 16.9 Å². The largest absolute Gasteiger partial charge is 0.462 e. The number of hydrogen-bond donors (Lipinski definition) is 0. The number of halogens is 3. The Balaban J connectivity index is 2.50. The van der Waals surface area contributed by atoms with Crippen LogP contribution in [0, 0.1) is 5.82 Å². The summed E-state index contributed by atoms with van der Waals surface area (Å²) in [6, 6.07) is 3.05. The Bertz CT molecular complexity index is 701. The lowest BCUT2D eigenvalue weighted by Crippen LogP contribution is -2.15. The molecule has 2 aromatic rings. The van der Waals surface area contributed by atoms with Gasteiger partial charge in [-0.05, 0) is 30.5 Å². The van der Waals surface area contributed by atoms with Crippen LogP contribution in [0.4, 0.5) is 13.2 Å². The minimum Gasteiger partial charge on any atom is -0.462 e. The van der Waals surface area contributed by atoms with Crippen LogP contribution in [0.25, 0.3) is 10.1 Å². The van der Waals surface area contributed by atoms with Crippen LogP contribution in [0.3, 0.4) is 0 Å². The molecule has 4 nitrogen and oxygen atoms in total. The van der Waals surface area contributed by atoms with Gasteiger partial charge in [-0.3, -0.25) is 0 Å². The first-order valence-corrected chi connectivity index (χ1v) is 7.23. The van der Waals surface area contributed by atoms with Crippen LogP contribution < -0.4 is 0 Å². The third-order valence-corrected chi connectivity index (χ3v) is 3.93. The van der Waals surface area contributed by atoms with Crippen molar-refractivity contribution in [2.45, 2.75) is 13.0 Å². The molecule has 112 valence electrons. The third kappa shape index (κ3) is 3.23. The van der Waals surface area contributed by atoms with Gasteiger partial charge in [-0.25, -0.2) is 18.3 Å². The molecule has 0 radical (unpaired) electrons. The molecule has 0 spiro atoms. The molecular formula is C12H8F3O4PS. The van der Waals surface area contributed by atoms with Crippen molar-refractivity contribution in [3.05, 3.63) is 34.5 Å². The molecule has 0 fully saturated rings. The first kappa shape index (κ1) is 15.9. The van der Waals surface area contributed by atoms with Gasteiger partial charge in [0.2, 0.25) is 0 Å². The summed E-state index contributed by atoms with van der Waals surface area (Å²) in [4.78, 5) is 11.7. The number of rotatable bonds is 5. The second-order valence-electron chi connectivity index (χ2n) is 3.88. The molecule has 0 saturated carbocycles. The molecule has 0 atom stereocenters. The Hall–Kier alpha value is -1.50. The van der Waals surface area contributed by atoms with Crippen molar-refractivity contribution < 1.29 is 31.8 Å². The topological polar surface area (TPSA) is 52.6 Å². The Morgan fingerprint density at radius 1 is 1.38 bits per heavy atom. The van der Waals surface area contributed by atoms with Crippen LogP contribution in [0.5, 0.6) is 0 Å². The molecule has 0 saturated heterocycles. The van der Waals surface area contributed by atoms with Gasteiger partial charge >= 0.3 is 20.8 Å². The summed E-state index contributed by atoms with van der Waals surface area (Å²) in [7, 11) is -1.27. The quantitative estimate of drug-likeness (QED) is 0.596. The highest BCUT2D eigenvalue weighted by atomic mass is 32.1. The van der Waals surface area contributed by atoms with E-state index >= 15 is 0 Å². The van der Waals surface area contributed by atoms with E-state index in [1.807, 2.05) is 0 Å². The van der Waals surface area contributed by atoms with Crippen LogP contribution >= 0.6 is 20.0 Å². The Labute approximate surface area is 122 Å². The second kappa shape index (κ2) is 6.09. The van der Waals surface area contributed by atoms with Gasteiger partial charge in [0.05, 0.1) is 12.2 Å². The summed E-state index contributed by atoms with van der Waals surface area (Å²) in [5.74, 6) is -1.82. The van der Waals surface area contributed by atoms with Crippen LogP contribution in [0.1, 0.15) is 22.2 Å². The van der Waals surface area contributed by atoms with Gasteiger partial charge < -0.3 is 4.74 Å². The van der Waals surface area contributed by atoms with E-state index in [1.165, 1.54) is 6.07 Å². The monoisotopic (exact) mass is 336 g/mol. The highest BCUT2D eigenvalue weighted by molar-refractivity contribution is 7.20. The number of carbonyl (C=O) groups excluding carboxylic acids is 1. The van der Waals surface area contributed by atoms with E-state index in [0.717, 1.165) is 23.5 Å². The highest BCUT2D eigenvalue weighted by Gasteiger charge is 2.37. The predicted octanol–water partition coefficient (Wildman–Crippen LogP) is 4.49. The molecule has 0 unspecified atom stereocenters. The minimum atomic E-state index is -4.03. The molecule has 9 heteroatoms. The van der Waals surface area contributed by atoms with Crippen molar-refractivity contribution in [2.75, 3.05) is 6.61 Å². The van der Waals surface area contributed by atoms with Crippen LogP contribution in [-0.2, 0) is 19.9 Å². The maximum absolute atomic E-state index is 13.7. The number of hydrogen-bond acceptors (Lipinski definition) is 5. The van der Waals surface area contributed by atoms with Crippen molar-refractivity contribution in [1.82, 2.24) is 0 Å². The fourth-order valence-corrected chi connectivity index (χ4v) is 2.84. The first-order valence-electron chi connectivity index (χ1n) is 5.68. The van der Waals surface area contributed by atoms with Crippen LogP contribution in [-0.4, -0.2) is 12.6 Å². The van der Waals surface area contributed by atoms with Gasteiger partial charge in [0.15, 0.2) is 0 Å². The van der Waals surface area contributed by atoms with Crippen LogP contribution in [0.15, 0.2) is 18.2 Å². The lowest BCUT2D eigenvalue weighted by molar-refractivity contribution is -0.180. The average Bonchev–Trinajstić information content (AvgIpc) is 2.80. The number of benzene rings is 1. The summed E-state index contributed by atoms with van der Waals surface area (Å²) in [6.07, 6.45) is -4.03. The molecular weight excluding hydrogens is 328 g/mol. The SMILES string of the molecule is CCOC(=O)c1cc2cc(C(F)(F)OP=O)c(F)cc2s1. The zero-order chi connectivity index (χ0) is 15.6. The van der Waals surface area contributed by atoms with E-state index in [9.17, 15) is 22.5 Å². The molecule has 0 bridgehead atoms. The molecule has 1 heterocycles. The van der Waals surface area contributed by atoms with Crippen molar-refractivity contribution in [2.24, 2.45) is 0 Å². The van der Waals surface area contributed by atoms with Gasteiger partial charge in [-0.1, -0.05) is 0 Å². The van der Waals surface area contributed by atoms with Gasteiger partial charge in [0, 0.05) is 4.70 Å². The molecule has 0 aliphatic rings. The molecule has 0 amide bonds. The fraction of sp³-hybridized carbons (Fsp3) is 0.250. The molecule has 21 heavy (non-hydrogen) atoms. The number of alkyl halides is 2. The van der Waals surface area contributed by atoms with Gasteiger partial charge in [0.25, 0.3) is 0 Å². The standard InChI is InChI=1S/C12H8F3O4PS/c1-2-18-11(16)10-4-6-3-7(12(14,15)19-20-17)8(13)5-9(6)21-10/h3-5H,2H2,1H3. The van der Waals surface area contributed by atoms with E-state index in [4.69, 9.17) is 4.74 Å². The maximum atomic E-state index is 13.7. The molecule has 0 aliphatic carbocycles. The Kier molecular flexibility index (Phi) is 4.61. The van der Waals surface area contributed by atoms with E-state index < -0.39 is 32.1 Å². The summed E-state index contributed by atoms with van der Waals surface area (Å²) >= 11 is 0.928. The smallest absolute Gasteiger partial charge is 0.395 e. The minimum absolute atomic E-state index is 0.168. The molecule has 1 aromatic carbocycles. The summed E-state index contributed by atoms with van der Waals surface area (Å²) < 4.78 is 59.6. The predicted molar refractivity (Wildman–Crippen MR) is 70.3 cm³/mol. The second-order valence-corrected chi connectivity index (χ2v) is 5.30. The zero-order valence-electron chi connectivity index (χ0n) is 10.6. The number of ether oxygens (including phenoxy) is 1. The van der Waals surface area contributed by atoms with E-state index in [1.54, 1.807) is 6.92 Å². The van der Waals surface area contributed by atoms with Crippen molar-refractivity contribution in [3.63, 3.8) is 0 Å². The molecule has 0 N–H and O–H groups in total. The van der Waals surface area contributed by atoms with Crippen molar-refractivity contribution in [3.8, 4) is 0 Å². The van der Waals surface area contributed by atoms with Crippen molar-refractivity contribution >= 4 is 36.1 Å². The Morgan fingerprint density at radius 2 is 2.10 bits per heavy atom. The highest BCUT2D eigenvalue weighted by Crippen LogP contribution is 2.38. The maximum Gasteiger partial charge on any atom is 0.395 e. The number of fused-ring (bicyclic) bond motifs is 1. The summed E-state index contributed by atoms with van der Waals surface area (Å²) in [5, 5.41) is 0.241. The van der Waals surface area contributed by atoms with Crippen LogP contribution in [0.2, 0.25) is 0 Å².